The number of pyridine rings is 1. The van der Waals surface area contributed by atoms with Crippen LogP contribution in [0.25, 0.3) is 0 Å². The molecular weight excluding hydrogens is 386 g/mol. The molecule has 0 spiro atoms. The largest absolute Gasteiger partial charge is 0.354 e. The molecule has 4 rings (SSSR count). The summed E-state index contributed by atoms with van der Waals surface area (Å²) in [5.74, 6) is 0.167. The van der Waals surface area contributed by atoms with Gasteiger partial charge in [-0.15, -0.1) is 11.8 Å². The molecule has 0 saturated carbocycles. The fraction of sp³-hybridized carbons (Fsp3) is 0.409. The van der Waals surface area contributed by atoms with Crippen molar-refractivity contribution in [1.29, 1.82) is 0 Å². The summed E-state index contributed by atoms with van der Waals surface area (Å²) in [6.45, 7) is 3.07. The van der Waals surface area contributed by atoms with E-state index in [9.17, 15) is 14.4 Å². The second-order valence-electron chi connectivity index (χ2n) is 7.80. The van der Waals surface area contributed by atoms with Crippen LogP contribution >= 0.6 is 11.8 Å². The van der Waals surface area contributed by atoms with Crippen molar-refractivity contribution in [3.8, 4) is 0 Å². The standard InChI is InChI=1S/C22H25N3O3S/c1-14(26)23-11-20-17-9-16(19-7-4-8-21(27)25(19)20)12-24(13-17)22(28)15-5-3-6-18(10-15)29-2/h3-8,10,16-17,20H,9,11-13H2,1-2H3,(H,23,26)/t16-,17+,20+/m1/s1. The van der Waals surface area contributed by atoms with E-state index in [1.807, 2.05) is 46.1 Å². The average Bonchev–Trinajstić information content (AvgIpc) is 2.73. The number of hydrogen-bond donors (Lipinski definition) is 1. The molecule has 29 heavy (non-hydrogen) atoms. The van der Waals surface area contributed by atoms with Crippen molar-refractivity contribution in [3.63, 3.8) is 0 Å². The maximum absolute atomic E-state index is 13.2. The second-order valence-corrected chi connectivity index (χ2v) is 8.68. The Balaban J connectivity index is 1.66. The minimum absolute atomic E-state index is 0.0283. The number of carbonyl (C=O) groups excluding carboxylic acids is 2. The Morgan fingerprint density at radius 1 is 1.17 bits per heavy atom. The number of aromatic nitrogens is 1. The van der Waals surface area contributed by atoms with Crippen molar-refractivity contribution < 1.29 is 9.59 Å². The van der Waals surface area contributed by atoms with Crippen LogP contribution in [-0.4, -0.2) is 47.2 Å². The summed E-state index contributed by atoms with van der Waals surface area (Å²) in [5, 5.41) is 2.87. The third-order valence-electron chi connectivity index (χ3n) is 5.96. The Hall–Kier alpha value is -2.54. The number of carbonyl (C=O) groups is 2. The van der Waals surface area contributed by atoms with Gasteiger partial charge in [-0.05, 0) is 42.9 Å². The molecule has 3 atom stereocenters. The van der Waals surface area contributed by atoms with Gasteiger partial charge in [0.2, 0.25) is 5.91 Å². The number of hydrogen-bond acceptors (Lipinski definition) is 4. The zero-order valence-electron chi connectivity index (χ0n) is 16.6. The average molecular weight is 412 g/mol. The topological polar surface area (TPSA) is 71.4 Å². The van der Waals surface area contributed by atoms with Gasteiger partial charge in [-0.1, -0.05) is 12.1 Å². The molecule has 1 N–H and O–H groups in total. The number of amides is 2. The third kappa shape index (κ3) is 3.83. The van der Waals surface area contributed by atoms with Gasteiger partial charge in [0, 0.05) is 54.7 Å². The molecule has 152 valence electrons. The van der Waals surface area contributed by atoms with E-state index < -0.39 is 0 Å². The first-order chi connectivity index (χ1) is 14.0. The minimum Gasteiger partial charge on any atom is -0.354 e. The molecule has 6 nitrogen and oxygen atoms in total. The van der Waals surface area contributed by atoms with Crippen LogP contribution in [0, 0.1) is 5.92 Å². The molecule has 0 aliphatic carbocycles. The quantitative estimate of drug-likeness (QED) is 0.785. The van der Waals surface area contributed by atoms with Crippen molar-refractivity contribution >= 4 is 23.6 Å². The van der Waals surface area contributed by atoms with Gasteiger partial charge in [-0.25, -0.2) is 0 Å². The molecule has 1 saturated heterocycles. The van der Waals surface area contributed by atoms with E-state index in [4.69, 9.17) is 0 Å². The molecule has 2 amide bonds. The number of benzene rings is 1. The minimum atomic E-state index is -0.146. The normalized spacial score (nSPS) is 22.7. The van der Waals surface area contributed by atoms with Crippen molar-refractivity contribution in [2.24, 2.45) is 5.92 Å². The number of fused-ring (bicyclic) bond motifs is 4. The van der Waals surface area contributed by atoms with E-state index in [0.29, 0.717) is 25.2 Å². The molecule has 1 fully saturated rings. The molecule has 7 heteroatoms. The molecule has 0 radical (unpaired) electrons. The SMILES string of the molecule is CSc1cccc(C(=O)N2C[C@H]3C[C@@H](C2)[C@H](CNC(C)=O)n2c3cccc2=O)c1. The Bertz CT molecular complexity index is 1000. The maximum atomic E-state index is 13.2. The first-order valence-corrected chi connectivity index (χ1v) is 11.1. The maximum Gasteiger partial charge on any atom is 0.253 e. The summed E-state index contributed by atoms with van der Waals surface area (Å²) in [7, 11) is 0. The third-order valence-corrected chi connectivity index (χ3v) is 6.69. The smallest absolute Gasteiger partial charge is 0.253 e. The number of nitrogens with one attached hydrogen (secondary N) is 1. The predicted octanol–water partition coefficient (Wildman–Crippen LogP) is 2.51. The summed E-state index contributed by atoms with van der Waals surface area (Å²) in [6, 6.07) is 12.9. The Morgan fingerprint density at radius 2 is 1.97 bits per heavy atom. The lowest BCUT2D eigenvalue weighted by atomic mass is 9.78. The van der Waals surface area contributed by atoms with Gasteiger partial charge >= 0.3 is 0 Å². The van der Waals surface area contributed by atoms with E-state index in [1.165, 1.54) is 6.92 Å². The Morgan fingerprint density at radius 3 is 2.72 bits per heavy atom. The van der Waals surface area contributed by atoms with Crippen molar-refractivity contribution in [3.05, 3.63) is 64.1 Å². The summed E-state index contributed by atoms with van der Waals surface area (Å²) < 4.78 is 1.84. The first-order valence-electron chi connectivity index (χ1n) is 9.87. The fourth-order valence-corrected chi connectivity index (χ4v) is 5.12. The van der Waals surface area contributed by atoms with Crippen LogP contribution in [0.1, 0.15) is 41.4 Å². The number of likely N-dealkylation sites (tertiary alicyclic amines) is 1. The zero-order chi connectivity index (χ0) is 20.5. The highest BCUT2D eigenvalue weighted by Crippen LogP contribution is 2.41. The van der Waals surface area contributed by atoms with Gasteiger partial charge in [0.1, 0.15) is 0 Å². The van der Waals surface area contributed by atoms with Gasteiger partial charge < -0.3 is 14.8 Å². The van der Waals surface area contributed by atoms with E-state index in [-0.39, 0.29) is 35.3 Å². The van der Waals surface area contributed by atoms with Gasteiger partial charge in [0.05, 0.1) is 6.04 Å². The van der Waals surface area contributed by atoms with Crippen molar-refractivity contribution in [2.75, 3.05) is 25.9 Å². The van der Waals surface area contributed by atoms with E-state index in [2.05, 4.69) is 5.32 Å². The second kappa shape index (κ2) is 8.06. The number of thioether (sulfide) groups is 1. The van der Waals surface area contributed by atoms with E-state index in [1.54, 1.807) is 23.9 Å². The lowest BCUT2D eigenvalue weighted by Gasteiger charge is -2.47. The Labute approximate surface area is 174 Å². The molecule has 1 aromatic carbocycles. The summed E-state index contributed by atoms with van der Waals surface area (Å²) in [5.41, 5.74) is 1.61. The lowest BCUT2D eigenvalue weighted by molar-refractivity contribution is -0.119. The lowest BCUT2D eigenvalue weighted by Crippen LogP contribution is -2.53. The molecule has 0 unspecified atom stereocenters. The van der Waals surface area contributed by atoms with Crippen LogP contribution < -0.4 is 10.9 Å². The fourth-order valence-electron chi connectivity index (χ4n) is 4.66. The molecule has 2 bridgehead atoms. The molecule has 2 aromatic rings. The van der Waals surface area contributed by atoms with Crippen LogP contribution in [-0.2, 0) is 4.79 Å². The summed E-state index contributed by atoms with van der Waals surface area (Å²) in [4.78, 5) is 40.3. The number of nitrogens with zero attached hydrogens (tertiary/aromatic N) is 2. The highest BCUT2D eigenvalue weighted by Gasteiger charge is 2.41. The van der Waals surface area contributed by atoms with Crippen LogP contribution in [0.4, 0.5) is 0 Å². The van der Waals surface area contributed by atoms with Crippen molar-refractivity contribution in [1.82, 2.24) is 14.8 Å². The molecule has 2 aliphatic rings. The molecule has 2 aliphatic heterocycles. The monoisotopic (exact) mass is 411 g/mol. The summed E-state index contributed by atoms with van der Waals surface area (Å²) in [6.07, 6.45) is 2.92. The van der Waals surface area contributed by atoms with Gasteiger partial charge in [-0.3, -0.25) is 14.4 Å². The van der Waals surface area contributed by atoms with Crippen LogP contribution in [0.15, 0.2) is 52.2 Å². The predicted molar refractivity (Wildman–Crippen MR) is 113 cm³/mol. The van der Waals surface area contributed by atoms with Crippen molar-refractivity contribution in [2.45, 2.75) is 30.2 Å². The Kier molecular flexibility index (Phi) is 5.50. The molecule has 1 aromatic heterocycles. The number of rotatable bonds is 4. The molecule has 3 heterocycles. The highest BCUT2D eigenvalue weighted by molar-refractivity contribution is 7.98. The first kappa shape index (κ1) is 19.8. The molecular formula is C22H25N3O3S. The van der Waals surface area contributed by atoms with Gasteiger partial charge in [0.15, 0.2) is 0 Å². The highest BCUT2D eigenvalue weighted by atomic mass is 32.2. The van der Waals surface area contributed by atoms with Gasteiger partial charge in [0.25, 0.3) is 11.5 Å². The van der Waals surface area contributed by atoms with Gasteiger partial charge in [-0.2, -0.15) is 0 Å². The van der Waals surface area contributed by atoms with E-state index in [0.717, 1.165) is 17.0 Å². The number of piperidine rings is 1. The van der Waals surface area contributed by atoms with Crippen LogP contribution in [0.3, 0.4) is 0 Å². The zero-order valence-corrected chi connectivity index (χ0v) is 17.4. The summed E-state index contributed by atoms with van der Waals surface area (Å²) >= 11 is 1.62. The van der Waals surface area contributed by atoms with E-state index >= 15 is 0 Å². The van der Waals surface area contributed by atoms with Crippen LogP contribution in [0.2, 0.25) is 0 Å². The van der Waals surface area contributed by atoms with Crippen LogP contribution in [0.5, 0.6) is 0 Å².